The fraction of sp³-hybridized carbons (Fsp3) is 0.800. The largest absolute Gasteiger partial charge is 0.462 e. The first-order valence-corrected chi connectivity index (χ1v) is 9.57. The maximum atomic E-state index is 12.6. The van der Waals surface area contributed by atoms with E-state index in [0.717, 1.165) is 37.7 Å². The van der Waals surface area contributed by atoms with Gasteiger partial charge in [0.1, 0.15) is 5.57 Å². The standard InChI is InChI=1S/C20H32O3/c1-3-14-23-20(22)18(15(2)21)19(16-10-6-4-7-11-16)17-12-8-5-9-13-17/h16-17H,3-14H2,1-2H3. The summed E-state index contributed by atoms with van der Waals surface area (Å²) in [5.41, 5.74) is 1.57. The number of carbonyl (C=O) groups is 2. The highest BCUT2D eigenvalue weighted by atomic mass is 16.5. The lowest BCUT2D eigenvalue weighted by Crippen LogP contribution is -2.26. The fourth-order valence-electron chi connectivity index (χ4n) is 4.30. The molecule has 2 aliphatic rings. The number of allylic oxidation sites excluding steroid dienone is 1. The van der Waals surface area contributed by atoms with Gasteiger partial charge in [-0.2, -0.15) is 0 Å². The minimum Gasteiger partial charge on any atom is -0.462 e. The molecule has 0 spiro atoms. The number of carbonyl (C=O) groups excluding carboxylic acids is 2. The van der Waals surface area contributed by atoms with Crippen molar-refractivity contribution in [1.29, 1.82) is 0 Å². The zero-order valence-corrected chi connectivity index (χ0v) is 14.9. The maximum Gasteiger partial charge on any atom is 0.341 e. The van der Waals surface area contributed by atoms with Crippen molar-refractivity contribution >= 4 is 11.8 Å². The third kappa shape index (κ3) is 4.92. The third-order valence-corrected chi connectivity index (χ3v) is 5.37. The second-order valence-electron chi connectivity index (χ2n) is 7.19. The first-order chi connectivity index (χ1) is 11.1. The number of hydrogen-bond acceptors (Lipinski definition) is 3. The van der Waals surface area contributed by atoms with Crippen LogP contribution in [0.3, 0.4) is 0 Å². The predicted octanol–water partition coefficient (Wildman–Crippen LogP) is 4.99. The van der Waals surface area contributed by atoms with Gasteiger partial charge in [0, 0.05) is 0 Å². The summed E-state index contributed by atoms with van der Waals surface area (Å²) in [6.07, 6.45) is 12.7. The molecule has 2 fully saturated rings. The van der Waals surface area contributed by atoms with Gasteiger partial charge in [0.05, 0.1) is 6.61 Å². The normalized spacial score (nSPS) is 20.1. The Morgan fingerprint density at radius 1 is 0.870 bits per heavy atom. The Labute approximate surface area is 140 Å². The van der Waals surface area contributed by atoms with Crippen LogP contribution in [0.15, 0.2) is 11.1 Å². The molecule has 0 heterocycles. The average Bonchev–Trinajstić information content (AvgIpc) is 2.58. The molecule has 130 valence electrons. The van der Waals surface area contributed by atoms with Crippen LogP contribution in [0.5, 0.6) is 0 Å². The van der Waals surface area contributed by atoms with Crippen molar-refractivity contribution in [1.82, 2.24) is 0 Å². The van der Waals surface area contributed by atoms with Gasteiger partial charge in [-0.1, -0.05) is 45.4 Å². The summed E-state index contributed by atoms with van der Waals surface area (Å²) in [5.74, 6) is 0.364. The second kappa shape index (κ2) is 9.24. The van der Waals surface area contributed by atoms with E-state index >= 15 is 0 Å². The molecule has 0 aromatic carbocycles. The van der Waals surface area contributed by atoms with Crippen LogP contribution in [0, 0.1) is 11.8 Å². The Hall–Kier alpha value is -1.12. The Morgan fingerprint density at radius 3 is 1.74 bits per heavy atom. The van der Waals surface area contributed by atoms with Gasteiger partial charge in [-0.3, -0.25) is 4.79 Å². The Morgan fingerprint density at radius 2 is 1.35 bits per heavy atom. The number of esters is 1. The maximum absolute atomic E-state index is 12.6. The molecule has 0 N–H and O–H groups in total. The van der Waals surface area contributed by atoms with E-state index in [1.165, 1.54) is 45.4 Å². The number of Topliss-reactive ketones (excluding diaryl/α,β-unsaturated/α-hetero) is 1. The lowest BCUT2D eigenvalue weighted by atomic mass is 9.71. The van der Waals surface area contributed by atoms with Crippen molar-refractivity contribution < 1.29 is 14.3 Å². The summed E-state index contributed by atoms with van der Waals surface area (Å²) in [6.45, 7) is 3.92. The molecule has 0 saturated heterocycles. The number of hydrogen-bond donors (Lipinski definition) is 0. The summed E-state index contributed by atoms with van der Waals surface area (Å²) in [4.78, 5) is 24.9. The average molecular weight is 320 g/mol. The Bertz CT molecular complexity index is 418. The molecule has 0 aromatic heterocycles. The van der Waals surface area contributed by atoms with Crippen LogP contribution in [0.1, 0.15) is 84.5 Å². The van der Waals surface area contributed by atoms with E-state index in [-0.39, 0.29) is 11.8 Å². The molecular formula is C20H32O3. The molecule has 2 rings (SSSR count). The molecule has 0 radical (unpaired) electrons. The van der Waals surface area contributed by atoms with Gasteiger partial charge in [0.15, 0.2) is 5.78 Å². The molecule has 3 heteroatoms. The lowest BCUT2D eigenvalue weighted by molar-refractivity contribution is -0.140. The predicted molar refractivity (Wildman–Crippen MR) is 92.1 cm³/mol. The van der Waals surface area contributed by atoms with E-state index < -0.39 is 0 Å². The Balaban J connectivity index is 2.35. The zero-order valence-electron chi connectivity index (χ0n) is 14.9. The first-order valence-electron chi connectivity index (χ1n) is 9.57. The SMILES string of the molecule is CCCOC(=O)C(C(C)=O)=C(C1CCCCC1)C1CCCCC1. The van der Waals surface area contributed by atoms with Crippen LogP contribution >= 0.6 is 0 Å². The van der Waals surface area contributed by atoms with E-state index in [2.05, 4.69) is 0 Å². The van der Waals surface area contributed by atoms with Crippen molar-refractivity contribution in [3.63, 3.8) is 0 Å². The van der Waals surface area contributed by atoms with Crippen LogP contribution < -0.4 is 0 Å². The highest BCUT2D eigenvalue weighted by molar-refractivity contribution is 6.17. The summed E-state index contributed by atoms with van der Waals surface area (Å²) < 4.78 is 5.36. The van der Waals surface area contributed by atoms with Crippen molar-refractivity contribution in [2.45, 2.75) is 84.5 Å². The number of ether oxygens (including phenoxy) is 1. The monoisotopic (exact) mass is 320 g/mol. The minimum absolute atomic E-state index is 0.0998. The van der Waals surface area contributed by atoms with E-state index in [9.17, 15) is 9.59 Å². The third-order valence-electron chi connectivity index (χ3n) is 5.37. The molecule has 0 bridgehead atoms. The highest BCUT2D eigenvalue weighted by Gasteiger charge is 2.33. The van der Waals surface area contributed by atoms with Crippen molar-refractivity contribution in [3.8, 4) is 0 Å². The quantitative estimate of drug-likeness (QED) is 0.300. The van der Waals surface area contributed by atoms with E-state index in [1.807, 2.05) is 6.92 Å². The number of rotatable bonds is 6. The van der Waals surface area contributed by atoms with E-state index in [4.69, 9.17) is 4.74 Å². The number of ketones is 1. The molecule has 2 saturated carbocycles. The molecule has 0 aliphatic heterocycles. The molecular weight excluding hydrogens is 288 g/mol. The fourth-order valence-corrected chi connectivity index (χ4v) is 4.30. The summed E-state index contributed by atoms with van der Waals surface area (Å²) in [7, 11) is 0. The van der Waals surface area contributed by atoms with Crippen molar-refractivity contribution in [3.05, 3.63) is 11.1 Å². The van der Waals surface area contributed by atoms with E-state index in [1.54, 1.807) is 0 Å². The van der Waals surface area contributed by atoms with Crippen LogP contribution in [0.4, 0.5) is 0 Å². The minimum atomic E-state index is -0.370. The summed E-state index contributed by atoms with van der Waals surface area (Å²) in [6, 6.07) is 0. The van der Waals surface area contributed by atoms with E-state index in [0.29, 0.717) is 24.0 Å². The Kier molecular flexibility index (Phi) is 7.32. The van der Waals surface area contributed by atoms with Gasteiger partial charge in [-0.25, -0.2) is 4.79 Å². The van der Waals surface area contributed by atoms with Gasteiger partial charge in [-0.05, 0) is 56.4 Å². The van der Waals surface area contributed by atoms with Gasteiger partial charge in [-0.15, -0.1) is 0 Å². The first kappa shape index (κ1) is 18.2. The van der Waals surface area contributed by atoms with Gasteiger partial charge < -0.3 is 4.74 Å². The topological polar surface area (TPSA) is 43.4 Å². The molecule has 0 aromatic rings. The smallest absolute Gasteiger partial charge is 0.341 e. The van der Waals surface area contributed by atoms with Crippen molar-refractivity contribution in [2.24, 2.45) is 11.8 Å². The summed E-state index contributed by atoms with van der Waals surface area (Å²) in [5, 5.41) is 0. The second-order valence-corrected chi connectivity index (χ2v) is 7.19. The van der Waals surface area contributed by atoms with Gasteiger partial charge in [0.25, 0.3) is 0 Å². The summed E-state index contributed by atoms with van der Waals surface area (Å²) >= 11 is 0. The highest BCUT2D eigenvalue weighted by Crippen LogP contribution is 2.41. The van der Waals surface area contributed by atoms with Crippen LogP contribution in [-0.2, 0) is 14.3 Å². The van der Waals surface area contributed by atoms with Crippen LogP contribution in [-0.4, -0.2) is 18.4 Å². The van der Waals surface area contributed by atoms with Gasteiger partial charge in [0.2, 0.25) is 0 Å². The zero-order chi connectivity index (χ0) is 16.7. The van der Waals surface area contributed by atoms with Crippen LogP contribution in [0.2, 0.25) is 0 Å². The molecule has 3 nitrogen and oxygen atoms in total. The molecule has 0 atom stereocenters. The molecule has 23 heavy (non-hydrogen) atoms. The lowest BCUT2D eigenvalue weighted by Gasteiger charge is -2.33. The van der Waals surface area contributed by atoms with Crippen molar-refractivity contribution in [2.75, 3.05) is 6.61 Å². The molecule has 0 amide bonds. The molecule has 2 aliphatic carbocycles. The van der Waals surface area contributed by atoms with Crippen LogP contribution in [0.25, 0.3) is 0 Å². The molecule has 0 unspecified atom stereocenters. The van der Waals surface area contributed by atoms with Gasteiger partial charge >= 0.3 is 5.97 Å².